The van der Waals surface area contributed by atoms with Crippen molar-refractivity contribution in [3.8, 4) is 0 Å². The van der Waals surface area contributed by atoms with Gasteiger partial charge in [0.2, 0.25) is 0 Å². The Bertz CT molecular complexity index is 911. The first kappa shape index (κ1) is 22.8. The van der Waals surface area contributed by atoms with E-state index in [1.54, 1.807) is 18.2 Å². The molecule has 0 fully saturated rings. The molecule has 0 unspecified atom stereocenters. The molecule has 30 heavy (non-hydrogen) atoms. The molecule has 0 saturated carbocycles. The van der Waals surface area contributed by atoms with Gasteiger partial charge in [-0.25, -0.2) is 4.79 Å². The van der Waals surface area contributed by atoms with E-state index in [1.165, 1.54) is 13.8 Å². The van der Waals surface area contributed by atoms with Gasteiger partial charge in [-0.2, -0.15) is 0 Å². The smallest absolute Gasteiger partial charge is 0.328 e. The van der Waals surface area contributed by atoms with Crippen molar-refractivity contribution in [1.82, 2.24) is 10.6 Å². The predicted molar refractivity (Wildman–Crippen MR) is 112 cm³/mol. The van der Waals surface area contributed by atoms with Crippen LogP contribution in [0.4, 0.5) is 0 Å². The Morgan fingerprint density at radius 2 is 1.67 bits per heavy atom. The summed E-state index contributed by atoms with van der Waals surface area (Å²) in [5.41, 5.74) is 2.25. The highest BCUT2D eigenvalue weighted by Crippen LogP contribution is 2.05. The fourth-order valence-corrected chi connectivity index (χ4v) is 2.77. The van der Waals surface area contributed by atoms with Gasteiger partial charge in [-0.15, -0.1) is 0 Å². The van der Waals surface area contributed by atoms with Crippen molar-refractivity contribution in [1.29, 1.82) is 0 Å². The van der Waals surface area contributed by atoms with Crippen molar-refractivity contribution in [3.63, 3.8) is 0 Å². The number of rotatable bonds is 9. The van der Waals surface area contributed by atoms with E-state index < -0.39 is 36.5 Å². The van der Waals surface area contributed by atoms with E-state index in [9.17, 15) is 19.2 Å². The number of carbonyl (C=O) groups excluding carboxylic acids is 4. The summed E-state index contributed by atoms with van der Waals surface area (Å²) in [7, 11) is 0. The third kappa shape index (κ3) is 7.16. The Balaban J connectivity index is 1.82. The minimum Gasteiger partial charge on any atom is -0.454 e. The SMILES string of the molecule is CC(=O)[C@H](Cc1ccccc1)NC(=O)COC(=O)[C@H](C)NC(=O)c1cccc(C)c1. The van der Waals surface area contributed by atoms with Crippen LogP contribution in [0.5, 0.6) is 0 Å². The van der Waals surface area contributed by atoms with Crippen molar-refractivity contribution in [2.24, 2.45) is 0 Å². The Morgan fingerprint density at radius 1 is 0.967 bits per heavy atom. The maximum absolute atomic E-state index is 12.2. The van der Waals surface area contributed by atoms with Crippen LogP contribution in [0.1, 0.15) is 35.3 Å². The van der Waals surface area contributed by atoms with Crippen LogP contribution in [-0.4, -0.2) is 42.3 Å². The minimum absolute atomic E-state index is 0.197. The molecule has 158 valence electrons. The third-order valence-corrected chi connectivity index (χ3v) is 4.44. The number of ketones is 1. The van der Waals surface area contributed by atoms with Crippen molar-refractivity contribution < 1.29 is 23.9 Å². The van der Waals surface area contributed by atoms with E-state index in [1.807, 2.05) is 43.3 Å². The molecule has 2 aromatic rings. The topological polar surface area (TPSA) is 102 Å². The second-order valence-electron chi connectivity index (χ2n) is 7.09. The molecule has 2 aromatic carbocycles. The second-order valence-corrected chi connectivity index (χ2v) is 7.09. The summed E-state index contributed by atoms with van der Waals surface area (Å²) in [4.78, 5) is 48.3. The van der Waals surface area contributed by atoms with Crippen molar-refractivity contribution in [3.05, 3.63) is 71.3 Å². The van der Waals surface area contributed by atoms with Gasteiger partial charge in [0.15, 0.2) is 12.4 Å². The maximum atomic E-state index is 12.2. The Labute approximate surface area is 175 Å². The number of esters is 1. The molecule has 2 atom stereocenters. The highest BCUT2D eigenvalue weighted by atomic mass is 16.5. The van der Waals surface area contributed by atoms with Gasteiger partial charge in [0.05, 0.1) is 6.04 Å². The predicted octanol–water partition coefficient (Wildman–Crippen LogP) is 1.97. The third-order valence-electron chi connectivity index (χ3n) is 4.44. The number of hydrogen-bond donors (Lipinski definition) is 2. The monoisotopic (exact) mass is 410 g/mol. The zero-order chi connectivity index (χ0) is 22.1. The number of aryl methyl sites for hydroxylation is 1. The Kier molecular flexibility index (Phi) is 8.29. The highest BCUT2D eigenvalue weighted by Gasteiger charge is 2.21. The molecule has 2 rings (SSSR count). The molecule has 0 radical (unpaired) electrons. The fraction of sp³-hybridized carbons (Fsp3) is 0.304. The van der Waals surface area contributed by atoms with Crippen LogP contribution in [0.3, 0.4) is 0 Å². The average Bonchev–Trinajstić information content (AvgIpc) is 2.72. The quantitative estimate of drug-likeness (QED) is 0.616. The number of Topliss-reactive ketones (excluding diaryl/α,β-unsaturated/α-hetero) is 1. The second kappa shape index (κ2) is 10.9. The number of carbonyl (C=O) groups is 4. The molecule has 0 aliphatic heterocycles. The zero-order valence-corrected chi connectivity index (χ0v) is 17.3. The lowest BCUT2D eigenvalue weighted by Gasteiger charge is -2.17. The molecule has 0 aliphatic rings. The van der Waals surface area contributed by atoms with E-state index in [0.29, 0.717) is 12.0 Å². The van der Waals surface area contributed by atoms with E-state index in [-0.39, 0.29) is 5.78 Å². The van der Waals surface area contributed by atoms with Gasteiger partial charge in [-0.3, -0.25) is 14.4 Å². The van der Waals surface area contributed by atoms with E-state index >= 15 is 0 Å². The van der Waals surface area contributed by atoms with Crippen molar-refractivity contribution in [2.45, 2.75) is 39.3 Å². The molecule has 0 heterocycles. The first-order valence-electron chi connectivity index (χ1n) is 9.64. The van der Waals surface area contributed by atoms with E-state index in [0.717, 1.165) is 11.1 Å². The Morgan fingerprint density at radius 3 is 2.30 bits per heavy atom. The molecule has 2 amide bonds. The molecule has 0 saturated heterocycles. The summed E-state index contributed by atoms with van der Waals surface area (Å²) in [5.74, 6) is -1.94. The van der Waals surface area contributed by atoms with Crippen LogP contribution in [-0.2, 0) is 25.5 Å². The van der Waals surface area contributed by atoms with Gasteiger partial charge in [-0.05, 0) is 44.9 Å². The number of benzene rings is 2. The highest BCUT2D eigenvalue weighted by molar-refractivity contribution is 5.97. The van der Waals surface area contributed by atoms with Gasteiger partial charge < -0.3 is 15.4 Å². The molecule has 7 heteroatoms. The molecule has 0 bridgehead atoms. The molecule has 0 spiro atoms. The average molecular weight is 410 g/mol. The lowest BCUT2D eigenvalue weighted by atomic mass is 10.0. The van der Waals surface area contributed by atoms with Gasteiger partial charge in [0, 0.05) is 5.56 Å². The fourth-order valence-electron chi connectivity index (χ4n) is 2.77. The number of amides is 2. The zero-order valence-electron chi connectivity index (χ0n) is 17.3. The first-order chi connectivity index (χ1) is 14.3. The van der Waals surface area contributed by atoms with E-state index in [4.69, 9.17) is 4.74 Å². The standard InChI is InChI=1S/C23H26N2O5/c1-15-8-7-11-19(12-15)22(28)24-16(2)23(29)30-14-21(27)25-20(17(3)26)13-18-9-5-4-6-10-18/h4-12,16,20H,13-14H2,1-3H3,(H,24,28)(H,25,27)/t16-,20-/m0/s1. The minimum atomic E-state index is -0.932. The molecular weight excluding hydrogens is 384 g/mol. The molecular formula is C23H26N2O5. The van der Waals surface area contributed by atoms with Crippen LogP contribution in [0.15, 0.2) is 54.6 Å². The largest absolute Gasteiger partial charge is 0.454 e. The summed E-state index contributed by atoms with van der Waals surface area (Å²) in [6, 6.07) is 14.6. The summed E-state index contributed by atoms with van der Waals surface area (Å²) < 4.78 is 4.98. The summed E-state index contributed by atoms with van der Waals surface area (Å²) >= 11 is 0. The van der Waals surface area contributed by atoms with Gasteiger partial charge in [0.1, 0.15) is 6.04 Å². The molecule has 7 nitrogen and oxygen atoms in total. The van der Waals surface area contributed by atoms with E-state index in [2.05, 4.69) is 10.6 Å². The summed E-state index contributed by atoms with van der Waals surface area (Å²) in [5, 5.41) is 5.12. The van der Waals surface area contributed by atoms with Crippen LogP contribution >= 0.6 is 0 Å². The molecule has 2 N–H and O–H groups in total. The maximum Gasteiger partial charge on any atom is 0.328 e. The number of nitrogens with one attached hydrogen (secondary N) is 2. The Hall–Kier alpha value is -3.48. The van der Waals surface area contributed by atoms with Crippen molar-refractivity contribution >= 4 is 23.6 Å². The van der Waals surface area contributed by atoms with Crippen molar-refractivity contribution in [2.75, 3.05) is 6.61 Å². The van der Waals surface area contributed by atoms with Gasteiger partial charge >= 0.3 is 5.97 Å². The number of hydrogen-bond acceptors (Lipinski definition) is 5. The lowest BCUT2D eigenvalue weighted by molar-refractivity contribution is -0.150. The van der Waals surface area contributed by atoms with Gasteiger partial charge in [0.25, 0.3) is 11.8 Å². The lowest BCUT2D eigenvalue weighted by Crippen LogP contribution is -2.45. The summed E-state index contributed by atoms with van der Waals surface area (Å²) in [6.45, 7) is 4.19. The molecule has 0 aliphatic carbocycles. The molecule has 0 aromatic heterocycles. The van der Waals surface area contributed by atoms with Gasteiger partial charge in [-0.1, -0.05) is 48.0 Å². The summed E-state index contributed by atoms with van der Waals surface area (Å²) in [6.07, 6.45) is 0.346. The number of ether oxygens (including phenoxy) is 1. The van der Waals surface area contributed by atoms with Crippen LogP contribution < -0.4 is 10.6 Å². The van der Waals surface area contributed by atoms with Crippen LogP contribution in [0.2, 0.25) is 0 Å². The van der Waals surface area contributed by atoms with Crippen LogP contribution in [0.25, 0.3) is 0 Å². The normalized spacial score (nSPS) is 12.4. The first-order valence-corrected chi connectivity index (χ1v) is 9.64. The van der Waals surface area contributed by atoms with Crippen LogP contribution in [0, 0.1) is 6.92 Å².